The predicted octanol–water partition coefficient (Wildman–Crippen LogP) is 2.42. The van der Waals surface area contributed by atoms with Crippen LogP contribution in [0.1, 0.15) is 5.56 Å². The van der Waals surface area contributed by atoms with Crippen LogP contribution in [-0.2, 0) is 20.5 Å². The summed E-state index contributed by atoms with van der Waals surface area (Å²) in [5.74, 6) is -1.81. The Hall–Kier alpha value is -1.70. The molecule has 0 saturated heterocycles. The number of rotatable bonds is 5. The zero-order valence-corrected chi connectivity index (χ0v) is 10.9. The first kappa shape index (κ1) is 14.7. The third-order valence-corrected chi connectivity index (χ3v) is 3.06. The molecule has 20 heavy (non-hydrogen) atoms. The smallest absolute Gasteiger partial charge is 0.412 e. The van der Waals surface area contributed by atoms with Crippen LogP contribution in [0.4, 0.5) is 8.78 Å². The van der Waals surface area contributed by atoms with Crippen molar-refractivity contribution in [3.8, 4) is 0 Å². The number of alkyl halides is 2. The lowest BCUT2D eigenvalue weighted by atomic mass is 10.1. The van der Waals surface area contributed by atoms with Gasteiger partial charge >= 0.3 is 11.2 Å². The van der Waals surface area contributed by atoms with Crippen LogP contribution in [0.2, 0.25) is 0 Å². The fraction of sp³-hybridized carbons (Fsp3) is 0.154. The Morgan fingerprint density at radius 1 is 1.20 bits per heavy atom. The maximum atomic E-state index is 13.0. The van der Waals surface area contributed by atoms with Crippen LogP contribution >= 0.6 is 12.0 Å². The molecule has 0 radical (unpaired) electrons. The second-order valence-electron chi connectivity index (χ2n) is 3.88. The minimum Gasteiger partial charge on any atom is -0.710 e. The molecule has 0 aliphatic rings. The lowest BCUT2D eigenvalue weighted by Gasteiger charge is -2.15. The molecule has 0 fully saturated rings. The Morgan fingerprint density at radius 3 is 2.65 bits per heavy atom. The van der Waals surface area contributed by atoms with Crippen molar-refractivity contribution in [2.24, 2.45) is 0 Å². The third kappa shape index (κ3) is 3.24. The fourth-order valence-corrected chi connectivity index (χ4v) is 1.93. The minimum atomic E-state index is -4.02. The number of carbonyl (C=O) groups is 1. The van der Waals surface area contributed by atoms with Crippen molar-refractivity contribution in [3.63, 3.8) is 0 Å². The van der Waals surface area contributed by atoms with E-state index in [-0.39, 0.29) is 6.61 Å². The molecule has 0 aliphatic heterocycles. The summed E-state index contributed by atoms with van der Waals surface area (Å²) in [6.07, 6.45) is 0. The highest BCUT2D eigenvalue weighted by atomic mass is 32.2. The molecule has 0 amide bonds. The molecule has 0 atom stereocenters. The van der Waals surface area contributed by atoms with E-state index in [1.165, 1.54) is 0 Å². The van der Waals surface area contributed by atoms with Crippen molar-refractivity contribution < 1.29 is 27.9 Å². The van der Waals surface area contributed by atoms with Gasteiger partial charge < -0.3 is 14.3 Å². The van der Waals surface area contributed by atoms with Gasteiger partial charge in [-0.1, -0.05) is 42.5 Å². The molecule has 2 aromatic carbocycles. The molecule has 0 N–H and O–H groups in total. The average Bonchev–Trinajstić information content (AvgIpc) is 2.44. The van der Waals surface area contributed by atoms with Crippen molar-refractivity contribution in [1.29, 1.82) is 0 Å². The SMILES string of the molecule is O=C(OCc1cccc2ccccc12)C(F)(F)SO[O-]. The monoisotopic (exact) mass is 299 g/mol. The standard InChI is InChI=1S/C13H10F2O4S/c14-13(15,20-19-17)12(16)18-8-10-6-3-5-9-4-1-2-7-11(9)10/h1-7,17H,8H2/p-1. The quantitative estimate of drug-likeness (QED) is 0.367. The van der Waals surface area contributed by atoms with E-state index < -0.39 is 23.3 Å². The van der Waals surface area contributed by atoms with E-state index in [1.807, 2.05) is 18.2 Å². The first-order valence-electron chi connectivity index (χ1n) is 5.54. The molecule has 0 bridgehead atoms. The Labute approximate surface area is 117 Å². The van der Waals surface area contributed by atoms with Crippen molar-refractivity contribution in [3.05, 3.63) is 48.0 Å². The molecule has 4 nitrogen and oxygen atoms in total. The van der Waals surface area contributed by atoms with Gasteiger partial charge in [0.1, 0.15) is 6.61 Å². The number of hydrogen-bond donors (Lipinski definition) is 0. The van der Waals surface area contributed by atoms with Crippen LogP contribution in [-0.4, -0.2) is 11.2 Å². The molecule has 0 spiro atoms. The number of ether oxygens (including phenoxy) is 1. The summed E-state index contributed by atoms with van der Waals surface area (Å²) in [5, 5.41) is 7.36. The summed E-state index contributed by atoms with van der Waals surface area (Å²) in [6.45, 7) is -0.310. The second kappa shape index (κ2) is 6.17. The van der Waals surface area contributed by atoms with E-state index in [0.29, 0.717) is 5.56 Å². The van der Waals surface area contributed by atoms with Gasteiger partial charge in [0, 0.05) is 0 Å². The molecule has 2 aromatic rings. The fourth-order valence-electron chi connectivity index (χ4n) is 1.72. The Kier molecular flexibility index (Phi) is 4.53. The number of hydrogen-bond acceptors (Lipinski definition) is 5. The molecular weight excluding hydrogens is 290 g/mol. The zero-order chi connectivity index (χ0) is 14.6. The van der Waals surface area contributed by atoms with Crippen LogP contribution in [0.3, 0.4) is 0 Å². The van der Waals surface area contributed by atoms with Crippen molar-refractivity contribution in [2.75, 3.05) is 0 Å². The lowest BCUT2D eigenvalue weighted by Crippen LogP contribution is -2.28. The first-order chi connectivity index (χ1) is 9.54. The second-order valence-corrected chi connectivity index (χ2v) is 4.70. The molecule has 0 aromatic heterocycles. The molecule has 0 heterocycles. The molecular formula is C13H9F2O4S-. The predicted molar refractivity (Wildman–Crippen MR) is 67.4 cm³/mol. The van der Waals surface area contributed by atoms with E-state index in [1.54, 1.807) is 24.3 Å². The molecule has 106 valence electrons. The average molecular weight is 299 g/mol. The van der Waals surface area contributed by atoms with Gasteiger partial charge in [-0.2, -0.15) is 8.78 Å². The maximum absolute atomic E-state index is 13.0. The summed E-state index contributed by atoms with van der Waals surface area (Å²) < 4.78 is 33.5. The highest BCUT2D eigenvalue weighted by Crippen LogP contribution is 2.30. The van der Waals surface area contributed by atoms with Crippen LogP contribution in [0.5, 0.6) is 0 Å². The summed E-state index contributed by atoms with van der Waals surface area (Å²) >= 11 is -0.783. The van der Waals surface area contributed by atoms with Gasteiger partial charge in [0.05, 0.1) is 12.0 Å². The number of fused-ring (bicyclic) bond motifs is 1. The van der Waals surface area contributed by atoms with Crippen LogP contribution < -0.4 is 5.26 Å². The molecule has 0 aliphatic carbocycles. The maximum Gasteiger partial charge on any atom is 0.412 e. The van der Waals surface area contributed by atoms with E-state index in [2.05, 4.69) is 9.07 Å². The Balaban J connectivity index is 2.12. The lowest BCUT2D eigenvalue weighted by molar-refractivity contribution is -0.630. The summed E-state index contributed by atoms with van der Waals surface area (Å²) in [6, 6.07) is 12.6. The van der Waals surface area contributed by atoms with E-state index in [9.17, 15) is 18.8 Å². The normalized spacial score (nSPS) is 11.6. The molecule has 7 heteroatoms. The number of benzene rings is 2. The largest absolute Gasteiger partial charge is 0.710 e. The van der Waals surface area contributed by atoms with Crippen molar-refractivity contribution >= 4 is 28.8 Å². The van der Waals surface area contributed by atoms with Crippen LogP contribution in [0.25, 0.3) is 10.8 Å². The highest BCUT2D eigenvalue weighted by Gasteiger charge is 2.42. The Morgan fingerprint density at radius 2 is 1.90 bits per heavy atom. The summed E-state index contributed by atoms with van der Waals surface area (Å²) in [4.78, 5) is 11.2. The van der Waals surface area contributed by atoms with Crippen LogP contribution in [0, 0.1) is 0 Å². The molecule has 0 saturated carbocycles. The number of carbonyl (C=O) groups excluding carboxylic acids is 1. The highest BCUT2D eigenvalue weighted by molar-refractivity contribution is 7.96. The Bertz CT molecular complexity index is 613. The van der Waals surface area contributed by atoms with Crippen molar-refractivity contribution in [1.82, 2.24) is 0 Å². The summed E-state index contributed by atoms with van der Waals surface area (Å²) in [7, 11) is 0. The van der Waals surface area contributed by atoms with Gasteiger partial charge in [-0.05, 0) is 16.3 Å². The number of esters is 1. The topological polar surface area (TPSA) is 58.6 Å². The van der Waals surface area contributed by atoms with E-state index in [0.717, 1.165) is 10.8 Å². The van der Waals surface area contributed by atoms with Gasteiger partial charge in [0.2, 0.25) is 0 Å². The van der Waals surface area contributed by atoms with Crippen LogP contribution in [0.15, 0.2) is 42.5 Å². The van der Waals surface area contributed by atoms with Gasteiger partial charge in [0.15, 0.2) is 0 Å². The molecule has 2 rings (SSSR count). The van der Waals surface area contributed by atoms with Gasteiger partial charge in [-0.3, -0.25) is 0 Å². The van der Waals surface area contributed by atoms with Gasteiger partial charge in [-0.15, -0.1) is 0 Å². The summed E-state index contributed by atoms with van der Waals surface area (Å²) in [5.41, 5.74) is 0.597. The minimum absolute atomic E-state index is 0.310. The number of halogens is 2. The van der Waals surface area contributed by atoms with Gasteiger partial charge in [-0.25, -0.2) is 4.79 Å². The van der Waals surface area contributed by atoms with Crippen molar-refractivity contribution in [2.45, 2.75) is 11.9 Å². The molecule has 0 unspecified atom stereocenters. The van der Waals surface area contributed by atoms with E-state index >= 15 is 0 Å². The van der Waals surface area contributed by atoms with E-state index in [4.69, 9.17) is 0 Å². The van der Waals surface area contributed by atoms with Gasteiger partial charge in [0.25, 0.3) is 0 Å². The first-order valence-corrected chi connectivity index (χ1v) is 6.28. The zero-order valence-electron chi connectivity index (χ0n) is 10.0. The third-order valence-electron chi connectivity index (χ3n) is 2.62.